The van der Waals surface area contributed by atoms with E-state index in [0.717, 1.165) is 16.8 Å². The van der Waals surface area contributed by atoms with Crippen LogP contribution in [0.15, 0.2) is 48.7 Å². The third kappa shape index (κ3) is 2.76. The van der Waals surface area contributed by atoms with Crippen molar-refractivity contribution in [2.45, 2.75) is 19.4 Å². The molecule has 1 aliphatic heterocycles. The molecule has 0 bridgehead atoms. The minimum absolute atomic E-state index is 0.187. The monoisotopic (exact) mass is 338 g/mol. The average molecular weight is 338 g/mol. The van der Waals surface area contributed by atoms with Crippen LogP contribution in [-0.4, -0.2) is 20.6 Å². The van der Waals surface area contributed by atoms with E-state index in [1.165, 1.54) is 12.1 Å². The van der Waals surface area contributed by atoms with E-state index in [-0.39, 0.29) is 12.2 Å². The molecule has 6 heteroatoms. The molecule has 25 heavy (non-hydrogen) atoms. The Morgan fingerprint density at radius 2 is 2.04 bits per heavy atom. The predicted molar refractivity (Wildman–Crippen MR) is 89.3 cm³/mol. The van der Waals surface area contributed by atoms with Gasteiger partial charge in [0.05, 0.1) is 17.8 Å². The Morgan fingerprint density at radius 3 is 2.76 bits per heavy atom. The molecule has 4 rings (SSSR count). The van der Waals surface area contributed by atoms with Gasteiger partial charge in [0.25, 0.3) is 0 Å². The van der Waals surface area contributed by atoms with Gasteiger partial charge in [-0.3, -0.25) is 9.36 Å². The normalized spacial score (nSPS) is 15.2. The highest BCUT2D eigenvalue weighted by atomic mass is 19.1. The maximum Gasteiger partial charge on any atom is 0.307 e. The van der Waals surface area contributed by atoms with Crippen molar-refractivity contribution >= 4 is 5.97 Å². The summed E-state index contributed by atoms with van der Waals surface area (Å²) in [5.41, 5.74) is 3.27. The number of hydrogen-bond donors (Lipinski definition) is 1. The van der Waals surface area contributed by atoms with Crippen LogP contribution in [0.25, 0.3) is 16.9 Å². The molecule has 1 aliphatic rings. The highest BCUT2D eigenvalue weighted by Crippen LogP contribution is 2.38. The van der Waals surface area contributed by atoms with E-state index in [4.69, 9.17) is 4.74 Å². The zero-order valence-electron chi connectivity index (χ0n) is 13.4. The summed E-state index contributed by atoms with van der Waals surface area (Å²) in [5, 5.41) is 9.18. The number of carboxylic acid groups (broad SMARTS) is 1. The summed E-state index contributed by atoms with van der Waals surface area (Å²) in [5.74, 6) is -0.133. The Kier molecular flexibility index (Phi) is 3.53. The molecule has 1 atom stereocenters. The lowest BCUT2D eigenvalue weighted by Gasteiger charge is -2.26. The van der Waals surface area contributed by atoms with Crippen molar-refractivity contribution in [1.82, 2.24) is 9.55 Å². The Bertz CT molecular complexity index is 963. The van der Waals surface area contributed by atoms with E-state index in [1.807, 2.05) is 35.9 Å². The molecule has 0 saturated carbocycles. The van der Waals surface area contributed by atoms with E-state index < -0.39 is 12.1 Å². The third-order valence-corrected chi connectivity index (χ3v) is 4.16. The van der Waals surface area contributed by atoms with E-state index in [0.29, 0.717) is 17.3 Å². The predicted octanol–water partition coefficient (Wildman–Crippen LogP) is 3.90. The molecule has 0 fully saturated rings. The highest BCUT2D eigenvalue weighted by molar-refractivity contribution is 5.68. The minimum Gasteiger partial charge on any atom is -0.481 e. The van der Waals surface area contributed by atoms with E-state index in [1.54, 1.807) is 12.1 Å². The smallest absolute Gasteiger partial charge is 0.307 e. The summed E-state index contributed by atoms with van der Waals surface area (Å²) in [4.78, 5) is 15.8. The lowest BCUT2D eigenvalue weighted by molar-refractivity contribution is -0.139. The maximum atomic E-state index is 13.2. The summed E-state index contributed by atoms with van der Waals surface area (Å²) in [6, 6.07) is 11.8. The fourth-order valence-electron chi connectivity index (χ4n) is 2.99. The van der Waals surface area contributed by atoms with Crippen molar-refractivity contribution in [3.63, 3.8) is 0 Å². The van der Waals surface area contributed by atoms with Gasteiger partial charge in [-0.2, -0.15) is 0 Å². The zero-order chi connectivity index (χ0) is 17.6. The number of fused-ring (bicyclic) bond motifs is 3. The number of halogens is 1. The topological polar surface area (TPSA) is 64.4 Å². The number of benzene rings is 2. The first-order chi connectivity index (χ1) is 12.0. The quantitative estimate of drug-likeness (QED) is 0.787. The molecule has 2 heterocycles. The molecule has 0 spiro atoms. The maximum absolute atomic E-state index is 13.2. The van der Waals surface area contributed by atoms with Gasteiger partial charge in [0, 0.05) is 11.8 Å². The van der Waals surface area contributed by atoms with Gasteiger partial charge in [-0.1, -0.05) is 6.07 Å². The Hall–Kier alpha value is -3.15. The summed E-state index contributed by atoms with van der Waals surface area (Å²) in [6.07, 6.45) is 0.965. The van der Waals surface area contributed by atoms with Gasteiger partial charge >= 0.3 is 5.97 Å². The highest BCUT2D eigenvalue weighted by Gasteiger charge is 2.30. The van der Waals surface area contributed by atoms with Crippen LogP contribution in [0.5, 0.6) is 5.75 Å². The van der Waals surface area contributed by atoms with Crippen LogP contribution < -0.4 is 4.74 Å². The molecule has 0 amide bonds. The van der Waals surface area contributed by atoms with E-state index in [2.05, 4.69) is 4.98 Å². The second kappa shape index (κ2) is 5.73. The number of aromatic nitrogens is 2. The number of carbonyl (C=O) groups is 1. The first-order valence-electron chi connectivity index (χ1n) is 7.86. The van der Waals surface area contributed by atoms with Gasteiger partial charge < -0.3 is 9.84 Å². The molecule has 2 aromatic carbocycles. The summed E-state index contributed by atoms with van der Waals surface area (Å²) in [6.45, 7) is 1.97. The molecule has 0 aliphatic carbocycles. The van der Waals surface area contributed by atoms with E-state index in [9.17, 15) is 14.3 Å². The van der Waals surface area contributed by atoms with Crippen LogP contribution in [0, 0.1) is 12.7 Å². The standard InChI is InChI=1S/C19H15FN2O3/c1-11-2-7-16-15(8-11)22-10-14(12-3-5-13(20)6-4-12)21-19(22)17(25-16)9-18(23)24/h2-8,10,17H,9H2,1H3,(H,23,24). The molecule has 126 valence electrons. The average Bonchev–Trinajstić information content (AvgIpc) is 3.01. The summed E-state index contributed by atoms with van der Waals surface area (Å²) >= 11 is 0. The lowest BCUT2D eigenvalue weighted by Crippen LogP contribution is -2.22. The van der Waals surface area contributed by atoms with Crippen LogP contribution in [0.4, 0.5) is 4.39 Å². The Balaban J connectivity index is 1.86. The molecule has 1 N–H and O–H groups in total. The largest absolute Gasteiger partial charge is 0.481 e. The minimum atomic E-state index is -0.960. The number of aliphatic carboxylic acids is 1. The van der Waals surface area contributed by atoms with Crippen molar-refractivity contribution in [1.29, 1.82) is 0 Å². The Morgan fingerprint density at radius 1 is 1.28 bits per heavy atom. The van der Waals surface area contributed by atoms with Crippen LogP contribution in [-0.2, 0) is 4.79 Å². The van der Waals surface area contributed by atoms with Gasteiger partial charge in [0.2, 0.25) is 0 Å². The van der Waals surface area contributed by atoms with Crippen LogP contribution in [0.2, 0.25) is 0 Å². The Labute approximate surface area is 143 Å². The molecule has 1 aromatic heterocycles. The molecule has 0 radical (unpaired) electrons. The number of carboxylic acids is 1. The van der Waals surface area contributed by atoms with Crippen molar-refractivity contribution in [2.24, 2.45) is 0 Å². The summed E-state index contributed by atoms with van der Waals surface area (Å²) in [7, 11) is 0. The number of rotatable bonds is 3. The van der Waals surface area contributed by atoms with Crippen LogP contribution in [0.3, 0.4) is 0 Å². The van der Waals surface area contributed by atoms with Gasteiger partial charge in [0.15, 0.2) is 11.9 Å². The SMILES string of the molecule is Cc1ccc2c(c1)-n1cc(-c3ccc(F)cc3)nc1C(CC(=O)O)O2. The van der Waals surface area contributed by atoms with Crippen LogP contribution in [0.1, 0.15) is 23.9 Å². The first kappa shape index (κ1) is 15.4. The van der Waals surface area contributed by atoms with Gasteiger partial charge in [-0.25, -0.2) is 9.37 Å². The van der Waals surface area contributed by atoms with Crippen LogP contribution >= 0.6 is 0 Å². The first-order valence-corrected chi connectivity index (χ1v) is 7.86. The fraction of sp³-hybridized carbons (Fsp3) is 0.158. The number of hydrogen-bond acceptors (Lipinski definition) is 3. The van der Waals surface area contributed by atoms with E-state index >= 15 is 0 Å². The van der Waals surface area contributed by atoms with Crippen molar-refractivity contribution in [3.05, 3.63) is 65.9 Å². The lowest BCUT2D eigenvalue weighted by atomic mass is 10.1. The third-order valence-electron chi connectivity index (χ3n) is 4.16. The van der Waals surface area contributed by atoms with Crippen molar-refractivity contribution in [2.75, 3.05) is 0 Å². The van der Waals surface area contributed by atoms with Crippen molar-refractivity contribution < 1.29 is 19.0 Å². The second-order valence-corrected chi connectivity index (χ2v) is 6.04. The van der Waals surface area contributed by atoms with Gasteiger partial charge in [-0.15, -0.1) is 0 Å². The molecule has 0 saturated heterocycles. The van der Waals surface area contributed by atoms with Gasteiger partial charge in [0.1, 0.15) is 11.6 Å². The number of imidazole rings is 1. The van der Waals surface area contributed by atoms with Gasteiger partial charge in [-0.05, 0) is 48.9 Å². The molecule has 3 aromatic rings. The number of aryl methyl sites for hydroxylation is 1. The zero-order valence-corrected chi connectivity index (χ0v) is 13.4. The molecule has 1 unspecified atom stereocenters. The summed E-state index contributed by atoms with van der Waals surface area (Å²) < 4.78 is 20.9. The fourth-order valence-corrected chi connectivity index (χ4v) is 2.99. The number of ether oxygens (including phenoxy) is 1. The molecular formula is C19H15FN2O3. The second-order valence-electron chi connectivity index (χ2n) is 6.04. The number of nitrogens with zero attached hydrogens (tertiary/aromatic N) is 2. The van der Waals surface area contributed by atoms with Crippen molar-refractivity contribution in [3.8, 4) is 22.7 Å². The molecule has 5 nitrogen and oxygen atoms in total. The molecular weight excluding hydrogens is 323 g/mol.